The molecule has 0 bridgehead atoms. The quantitative estimate of drug-likeness (QED) is 0.139. The van der Waals surface area contributed by atoms with E-state index in [9.17, 15) is 29.1 Å². The molecule has 0 heterocycles. The van der Waals surface area contributed by atoms with Crippen LogP contribution >= 0.6 is 11.8 Å². The van der Waals surface area contributed by atoms with Crippen molar-refractivity contribution in [2.45, 2.75) is 49.9 Å². The Morgan fingerprint density at radius 2 is 1.46 bits per heavy atom. The summed E-state index contributed by atoms with van der Waals surface area (Å²) >= 11 is 1.49. The molecule has 0 aliphatic rings. The van der Waals surface area contributed by atoms with E-state index in [1.807, 2.05) is 6.26 Å². The smallest absolute Gasteiger partial charge is 0.328 e. The van der Waals surface area contributed by atoms with Crippen molar-refractivity contribution in [3.8, 4) is 0 Å². The maximum absolute atomic E-state index is 13.0. The van der Waals surface area contributed by atoms with Crippen LogP contribution in [0.15, 0.2) is 30.3 Å². The van der Waals surface area contributed by atoms with Crippen LogP contribution in [0.25, 0.3) is 0 Å². The molecule has 12 nitrogen and oxygen atoms in total. The number of carbonyl (C=O) groups is 5. The molecule has 13 heteroatoms. The van der Waals surface area contributed by atoms with E-state index in [2.05, 4.69) is 16.0 Å². The molecule has 0 aromatic heterocycles. The summed E-state index contributed by atoms with van der Waals surface area (Å²) in [7, 11) is 0. The first-order valence-corrected chi connectivity index (χ1v) is 12.2. The molecular weight excluding hydrogens is 480 g/mol. The van der Waals surface area contributed by atoms with Crippen LogP contribution in [0.2, 0.25) is 0 Å². The summed E-state index contributed by atoms with van der Waals surface area (Å²) in [4.78, 5) is 60.5. The van der Waals surface area contributed by atoms with E-state index in [0.717, 1.165) is 0 Å². The average molecular weight is 513 g/mol. The van der Waals surface area contributed by atoms with Gasteiger partial charge in [-0.05, 0) is 30.4 Å². The van der Waals surface area contributed by atoms with Gasteiger partial charge >= 0.3 is 11.9 Å². The van der Waals surface area contributed by atoms with Crippen molar-refractivity contribution in [1.29, 1.82) is 0 Å². The second kappa shape index (κ2) is 15.7. The van der Waals surface area contributed by atoms with Gasteiger partial charge in [0.1, 0.15) is 18.1 Å². The number of rotatable bonds is 16. The third-order valence-electron chi connectivity index (χ3n) is 4.96. The molecule has 0 spiro atoms. The van der Waals surface area contributed by atoms with Crippen LogP contribution in [-0.2, 0) is 30.4 Å². The number of aliphatic hydroxyl groups excluding tert-OH is 1. The molecule has 0 saturated heterocycles. The summed E-state index contributed by atoms with van der Waals surface area (Å²) in [5, 5.41) is 34.4. The van der Waals surface area contributed by atoms with Crippen LogP contribution in [0.3, 0.4) is 0 Å². The Kier molecular flexibility index (Phi) is 13.4. The zero-order valence-electron chi connectivity index (χ0n) is 19.3. The van der Waals surface area contributed by atoms with Gasteiger partial charge in [-0.3, -0.25) is 19.2 Å². The highest BCUT2D eigenvalue weighted by Gasteiger charge is 2.30. The van der Waals surface area contributed by atoms with Gasteiger partial charge in [-0.15, -0.1) is 0 Å². The molecule has 0 fully saturated rings. The van der Waals surface area contributed by atoms with Gasteiger partial charge in [-0.2, -0.15) is 11.8 Å². The number of nitrogens with two attached hydrogens (primary N) is 1. The summed E-state index contributed by atoms with van der Waals surface area (Å²) in [6.07, 6.45) is 1.48. The number of carboxylic acid groups (broad SMARTS) is 2. The van der Waals surface area contributed by atoms with Gasteiger partial charge in [0.15, 0.2) is 0 Å². The number of thioether (sulfide) groups is 1. The number of hydrogen-bond donors (Lipinski definition) is 7. The fourth-order valence-corrected chi connectivity index (χ4v) is 3.47. The first-order chi connectivity index (χ1) is 16.6. The number of carboxylic acids is 2. The lowest BCUT2D eigenvalue weighted by molar-refractivity contribution is -0.143. The highest BCUT2D eigenvalue weighted by molar-refractivity contribution is 7.98. The van der Waals surface area contributed by atoms with Gasteiger partial charge in [0.2, 0.25) is 17.7 Å². The van der Waals surface area contributed by atoms with Gasteiger partial charge in [0, 0.05) is 12.8 Å². The van der Waals surface area contributed by atoms with Crippen molar-refractivity contribution >= 4 is 41.4 Å². The Bertz CT molecular complexity index is 870. The number of nitrogens with one attached hydrogen (secondary N) is 3. The Morgan fingerprint density at radius 1 is 0.886 bits per heavy atom. The van der Waals surface area contributed by atoms with Gasteiger partial charge < -0.3 is 37.0 Å². The molecule has 4 atom stereocenters. The van der Waals surface area contributed by atoms with Crippen molar-refractivity contribution in [2.24, 2.45) is 5.73 Å². The fourth-order valence-electron chi connectivity index (χ4n) is 2.98. The summed E-state index contributed by atoms with van der Waals surface area (Å²) < 4.78 is 0. The largest absolute Gasteiger partial charge is 0.481 e. The normalized spacial score (nSPS) is 14.1. The molecule has 0 radical (unpaired) electrons. The number of aliphatic hydroxyl groups is 1. The second-order valence-corrected chi connectivity index (χ2v) is 8.70. The molecule has 194 valence electrons. The van der Waals surface area contributed by atoms with Crippen molar-refractivity contribution < 1.29 is 39.3 Å². The number of hydrogen-bond acceptors (Lipinski definition) is 8. The Hall–Kier alpha value is -3.16. The van der Waals surface area contributed by atoms with Gasteiger partial charge in [0.25, 0.3) is 0 Å². The molecule has 0 aliphatic heterocycles. The van der Waals surface area contributed by atoms with Crippen LogP contribution in [0.4, 0.5) is 0 Å². The number of carbonyl (C=O) groups excluding carboxylic acids is 3. The Labute approximate surface area is 207 Å². The predicted octanol–water partition coefficient (Wildman–Crippen LogP) is -1.29. The van der Waals surface area contributed by atoms with Gasteiger partial charge in [-0.1, -0.05) is 30.3 Å². The average Bonchev–Trinajstić information content (AvgIpc) is 2.82. The first kappa shape index (κ1) is 29.9. The van der Waals surface area contributed by atoms with E-state index < -0.39 is 66.9 Å². The maximum Gasteiger partial charge on any atom is 0.328 e. The van der Waals surface area contributed by atoms with E-state index in [4.69, 9.17) is 15.9 Å². The van der Waals surface area contributed by atoms with Crippen molar-refractivity contribution in [2.75, 3.05) is 18.6 Å². The van der Waals surface area contributed by atoms with Crippen molar-refractivity contribution in [3.05, 3.63) is 35.9 Å². The molecule has 8 N–H and O–H groups in total. The summed E-state index contributed by atoms with van der Waals surface area (Å²) in [5.74, 6) is -4.38. The molecule has 1 aromatic carbocycles. The minimum absolute atomic E-state index is 0.0248. The van der Waals surface area contributed by atoms with E-state index in [1.54, 1.807) is 30.3 Å². The lowest BCUT2D eigenvalue weighted by Crippen LogP contribution is -2.58. The van der Waals surface area contributed by atoms with Crippen molar-refractivity contribution in [3.63, 3.8) is 0 Å². The van der Waals surface area contributed by atoms with E-state index in [-0.39, 0.29) is 12.8 Å². The van der Waals surface area contributed by atoms with Crippen LogP contribution in [-0.4, -0.2) is 87.8 Å². The van der Waals surface area contributed by atoms with Crippen molar-refractivity contribution in [1.82, 2.24) is 16.0 Å². The molecule has 0 aliphatic carbocycles. The molecular formula is C22H32N4O8S. The predicted molar refractivity (Wildman–Crippen MR) is 129 cm³/mol. The van der Waals surface area contributed by atoms with Crippen LogP contribution in [0.5, 0.6) is 0 Å². The number of aliphatic carboxylic acids is 2. The lowest BCUT2D eigenvalue weighted by Gasteiger charge is -2.25. The lowest BCUT2D eigenvalue weighted by atomic mass is 10.0. The minimum atomic E-state index is -1.59. The highest BCUT2D eigenvalue weighted by atomic mass is 32.2. The molecule has 1 rings (SSSR count). The van der Waals surface area contributed by atoms with Gasteiger partial charge in [0.05, 0.1) is 12.6 Å². The minimum Gasteiger partial charge on any atom is -0.481 e. The van der Waals surface area contributed by atoms with Crippen LogP contribution in [0.1, 0.15) is 24.8 Å². The molecule has 0 saturated carbocycles. The van der Waals surface area contributed by atoms with Crippen LogP contribution < -0.4 is 21.7 Å². The molecule has 35 heavy (non-hydrogen) atoms. The summed E-state index contributed by atoms with van der Waals surface area (Å²) in [6.45, 7) is -0.863. The Morgan fingerprint density at radius 3 is 2.00 bits per heavy atom. The van der Waals surface area contributed by atoms with E-state index in [0.29, 0.717) is 17.7 Å². The zero-order chi connectivity index (χ0) is 26.4. The van der Waals surface area contributed by atoms with E-state index >= 15 is 0 Å². The molecule has 1 aromatic rings. The third-order valence-corrected chi connectivity index (χ3v) is 5.61. The molecule has 4 unspecified atom stereocenters. The zero-order valence-corrected chi connectivity index (χ0v) is 20.1. The van der Waals surface area contributed by atoms with E-state index in [1.165, 1.54) is 11.8 Å². The van der Waals surface area contributed by atoms with Crippen LogP contribution in [0, 0.1) is 0 Å². The second-order valence-electron chi connectivity index (χ2n) is 7.71. The highest BCUT2D eigenvalue weighted by Crippen LogP contribution is 2.07. The number of benzene rings is 1. The standard InChI is InChI=1S/C22H32N4O8S/c1-35-10-9-14(23)19(30)24-15(7-8-18(28)29)20(31)25-16(11-13-5-3-2-4-6-13)21(32)26-17(12-27)22(33)34/h2-6,14-17,27H,7-12,23H2,1H3,(H,24,30)(H,25,31)(H,26,32)(H,28,29)(H,33,34). The maximum atomic E-state index is 13.0. The number of amides is 3. The molecule has 3 amide bonds. The summed E-state index contributed by atoms with van der Waals surface area (Å²) in [5.41, 5.74) is 6.49. The third kappa shape index (κ3) is 11.2. The SMILES string of the molecule is CSCCC(N)C(=O)NC(CCC(=O)O)C(=O)NC(Cc1ccccc1)C(=O)NC(CO)C(=O)O. The summed E-state index contributed by atoms with van der Waals surface area (Å²) in [6, 6.07) is 3.51. The monoisotopic (exact) mass is 512 g/mol. The fraction of sp³-hybridized carbons (Fsp3) is 0.500. The first-order valence-electron chi connectivity index (χ1n) is 10.8. The topological polar surface area (TPSA) is 208 Å². The van der Waals surface area contributed by atoms with Gasteiger partial charge in [-0.25, -0.2) is 4.79 Å². The Balaban J connectivity index is 3.07.